The SMILES string of the molecule is CNC(c1cc(C)ccc1F)C1CN(C)CCN1C. The lowest BCUT2D eigenvalue weighted by atomic mass is 9.95. The fraction of sp³-hybridized carbons (Fsp3) is 0.600. The van der Waals surface area contributed by atoms with Crippen LogP contribution in [-0.2, 0) is 0 Å². The standard InChI is InChI=1S/C15H24FN3/c1-11-5-6-13(16)12(9-11)15(17-2)14-10-18(3)7-8-19(14)4/h5-6,9,14-15,17H,7-8,10H2,1-4H3. The van der Waals surface area contributed by atoms with Crippen LogP contribution < -0.4 is 5.32 Å². The first-order valence-electron chi connectivity index (χ1n) is 6.85. The van der Waals surface area contributed by atoms with E-state index >= 15 is 0 Å². The van der Waals surface area contributed by atoms with Gasteiger partial charge in [-0.2, -0.15) is 0 Å². The van der Waals surface area contributed by atoms with Crippen molar-refractivity contribution in [3.05, 3.63) is 35.1 Å². The predicted molar refractivity (Wildman–Crippen MR) is 76.9 cm³/mol. The summed E-state index contributed by atoms with van der Waals surface area (Å²) in [6.07, 6.45) is 0. The van der Waals surface area contributed by atoms with Crippen LogP contribution in [-0.4, -0.2) is 56.6 Å². The Morgan fingerprint density at radius 2 is 2.05 bits per heavy atom. The van der Waals surface area contributed by atoms with E-state index < -0.39 is 0 Å². The van der Waals surface area contributed by atoms with Gasteiger partial charge in [0.2, 0.25) is 0 Å². The molecule has 1 aromatic rings. The summed E-state index contributed by atoms with van der Waals surface area (Å²) in [6.45, 7) is 5.05. The van der Waals surface area contributed by atoms with Crippen molar-refractivity contribution in [1.29, 1.82) is 0 Å². The van der Waals surface area contributed by atoms with Crippen LogP contribution in [0.5, 0.6) is 0 Å². The lowest BCUT2D eigenvalue weighted by molar-refractivity contribution is 0.0887. The molecule has 1 N–H and O–H groups in total. The number of nitrogens with zero attached hydrogens (tertiary/aromatic N) is 2. The van der Waals surface area contributed by atoms with Crippen molar-refractivity contribution < 1.29 is 4.39 Å². The van der Waals surface area contributed by atoms with Gasteiger partial charge in [0.1, 0.15) is 5.82 Å². The molecule has 1 aromatic carbocycles. The summed E-state index contributed by atoms with van der Waals surface area (Å²) in [4.78, 5) is 4.63. The topological polar surface area (TPSA) is 18.5 Å². The molecule has 2 rings (SSSR count). The molecule has 2 atom stereocenters. The van der Waals surface area contributed by atoms with Gasteiger partial charge >= 0.3 is 0 Å². The average molecular weight is 265 g/mol. The highest BCUT2D eigenvalue weighted by Crippen LogP contribution is 2.26. The maximum absolute atomic E-state index is 14.1. The van der Waals surface area contributed by atoms with Crippen molar-refractivity contribution in [3.8, 4) is 0 Å². The summed E-state index contributed by atoms with van der Waals surface area (Å²) in [5.74, 6) is -0.119. The molecule has 1 aliphatic rings. The molecule has 19 heavy (non-hydrogen) atoms. The summed E-state index contributed by atoms with van der Waals surface area (Å²) >= 11 is 0. The van der Waals surface area contributed by atoms with Crippen LogP contribution in [0.1, 0.15) is 17.2 Å². The Bertz CT molecular complexity index is 435. The van der Waals surface area contributed by atoms with Gasteiger partial charge in [-0.25, -0.2) is 4.39 Å². The minimum Gasteiger partial charge on any atom is -0.312 e. The molecule has 3 nitrogen and oxygen atoms in total. The van der Waals surface area contributed by atoms with Crippen LogP contribution in [0.15, 0.2) is 18.2 Å². The molecular formula is C15H24FN3. The Labute approximate surface area is 115 Å². The van der Waals surface area contributed by atoms with Gasteiger partial charge in [0.25, 0.3) is 0 Å². The lowest BCUT2D eigenvalue weighted by Crippen LogP contribution is -2.54. The van der Waals surface area contributed by atoms with Gasteiger partial charge in [0.15, 0.2) is 0 Å². The van der Waals surface area contributed by atoms with Crippen LogP contribution in [0.4, 0.5) is 4.39 Å². The zero-order chi connectivity index (χ0) is 14.0. The second kappa shape index (κ2) is 5.99. The van der Waals surface area contributed by atoms with Gasteiger partial charge < -0.3 is 10.2 Å². The molecule has 0 aliphatic carbocycles. The first-order chi connectivity index (χ1) is 9.02. The quantitative estimate of drug-likeness (QED) is 0.896. The average Bonchev–Trinajstić information content (AvgIpc) is 2.38. The highest BCUT2D eigenvalue weighted by atomic mass is 19.1. The van der Waals surface area contributed by atoms with Crippen LogP contribution in [0.25, 0.3) is 0 Å². The lowest BCUT2D eigenvalue weighted by Gasteiger charge is -2.42. The minimum absolute atomic E-state index is 0.0210. The maximum Gasteiger partial charge on any atom is 0.128 e. The monoisotopic (exact) mass is 265 g/mol. The molecule has 0 radical (unpaired) electrons. The van der Waals surface area contributed by atoms with E-state index in [9.17, 15) is 4.39 Å². The molecule has 0 aromatic heterocycles. The fourth-order valence-corrected chi connectivity index (χ4v) is 2.86. The zero-order valence-corrected chi connectivity index (χ0v) is 12.3. The first-order valence-corrected chi connectivity index (χ1v) is 6.85. The number of aryl methyl sites for hydroxylation is 1. The Morgan fingerprint density at radius 3 is 2.74 bits per heavy atom. The maximum atomic E-state index is 14.1. The molecule has 1 heterocycles. The molecule has 1 aliphatic heterocycles. The first kappa shape index (κ1) is 14.4. The largest absolute Gasteiger partial charge is 0.312 e. The van der Waals surface area contributed by atoms with E-state index in [1.807, 2.05) is 26.1 Å². The van der Waals surface area contributed by atoms with Crippen LogP contribution >= 0.6 is 0 Å². The molecular weight excluding hydrogens is 241 g/mol. The Balaban J connectivity index is 2.30. The van der Waals surface area contributed by atoms with Gasteiger partial charge in [-0.05, 0) is 34.1 Å². The van der Waals surface area contributed by atoms with E-state index in [0.717, 1.165) is 30.8 Å². The van der Waals surface area contributed by atoms with E-state index in [-0.39, 0.29) is 11.9 Å². The zero-order valence-electron chi connectivity index (χ0n) is 12.3. The second-order valence-electron chi connectivity index (χ2n) is 5.60. The number of rotatable bonds is 3. The van der Waals surface area contributed by atoms with Gasteiger partial charge in [-0.1, -0.05) is 17.7 Å². The van der Waals surface area contributed by atoms with Crippen molar-refractivity contribution in [2.75, 3.05) is 40.8 Å². The summed E-state index contributed by atoms with van der Waals surface area (Å²) in [6, 6.07) is 5.66. The third-order valence-corrected chi connectivity index (χ3v) is 4.08. The van der Waals surface area contributed by atoms with Gasteiger partial charge in [-0.15, -0.1) is 0 Å². The van der Waals surface area contributed by atoms with E-state index in [2.05, 4.69) is 29.2 Å². The number of piperazine rings is 1. The van der Waals surface area contributed by atoms with Gasteiger partial charge in [-0.3, -0.25) is 4.90 Å². The smallest absolute Gasteiger partial charge is 0.128 e. The molecule has 1 saturated heterocycles. The highest BCUT2D eigenvalue weighted by Gasteiger charge is 2.31. The van der Waals surface area contributed by atoms with Crippen LogP contribution in [0.3, 0.4) is 0 Å². The van der Waals surface area contributed by atoms with E-state index in [0.29, 0.717) is 6.04 Å². The third-order valence-electron chi connectivity index (χ3n) is 4.08. The molecule has 0 bridgehead atoms. The summed E-state index contributed by atoms with van der Waals surface area (Å²) < 4.78 is 14.1. The molecule has 106 valence electrons. The van der Waals surface area contributed by atoms with Crippen LogP contribution in [0, 0.1) is 12.7 Å². The van der Waals surface area contributed by atoms with E-state index in [4.69, 9.17) is 0 Å². The number of hydrogen-bond donors (Lipinski definition) is 1. The molecule has 0 spiro atoms. The number of likely N-dealkylation sites (N-methyl/N-ethyl adjacent to an activating group) is 3. The minimum atomic E-state index is -0.119. The Hall–Kier alpha value is -0.970. The van der Waals surface area contributed by atoms with Crippen LogP contribution in [0.2, 0.25) is 0 Å². The van der Waals surface area contributed by atoms with Gasteiger partial charge in [0.05, 0.1) is 6.04 Å². The van der Waals surface area contributed by atoms with Crippen molar-refractivity contribution in [3.63, 3.8) is 0 Å². The molecule has 1 fully saturated rings. The Kier molecular flexibility index (Phi) is 4.55. The third kappa shape index (κ3) is 3.14. The predicted octanol–water partition coefficient (Wildman–Crippen LogP) is 1.64. The summed E-state index contributed by atoms with van der Waals surface area (Å²) in [5.41, 5.74) is 1.87. The van der Waals surface area contributed by atoms with E-state index in [1.165, 1.54) is 0 Å². The van der Waals surface area contributed by atoms with Crippen molar-refractivity contribution in [2.45, 2.75) is 19.0 Å². The molecule has 0 amide bonds. The van der Waals surface area contributed by atoms with Crippen molar-refractivity contribution >= 4 is 0 Å². The van der Waals surface area contributed by atoms with Crippen molar-refractivity contribution in [1.82, 2.24) is 15.1 Å². The summed E-state index contributed by atoms with van der Waals surface area (Å²) in [7, 11) is 6.16. The number of nitrogens with one attached hydrogen (secondary N) is 1. The van der Waals surface area contributed by atoms with Gasteiger partial charge in [0, 0.05) is 31.2 Å². The highest BCUT2D eigenvalue weighted by molar-refractivity contribution is 5.28. The Morgan fingerprint density at radius 1 is 1.32 bits per heavy atom. The normalized spacial score (nSPS) is 23.5. The molecule has 4 heteroatoms. The number of halogens is 1. The van der Waals surface area contributed by atoms with Crippen molar-refractivity contribution in [2.24, 2.45) is 0 Å². The number of hydrogen-bond acceptors (Lipinski definition) is 3. The molecule has 0 saturated carbocycles. The second-order valence-corrected chi connectivity index (χ2v) is 5.60. The molecule has 2 unspecified atom stereocenters. The van der Waals surface area contributed by atoms with E-state index in [1.54, 1.807) is 6.07 Å². The fourth-order valence-electron chi connectivity index (χ4n) is 2.86. The summed E-state index contributed by atoms with van der Waals surface area (Å²) in [5, 5.41) is 3.30. The number of benzene rings is 1.